The molecule has 0 spiro atoms. The third-order valence-corrected chi connectivity index (χ3v) is 2.74. The van der Waals surface area contributed by atoms with Crippen LogP contribution in [0.5, 0.6) is 0 Å². The van der Waals surface area contributed by atoms with Crippen LogP contribution in [0.3, 0.4) is 0 Å². The van der Waals surface area contributed by atoms with Gasteiger partial charge in [0.05, 0.1) is 12.4 Å². The van der Waals surface area contributed by atoms with E-state index in [2.05, 4.69) is 12.9 Å². The highest BCUT2D eigenvalue weighted by Crippen LogP contribution is 1.98. The third-order valence-electron chi connectivity index (χ3n) is 1.15. The first-order valence-electron chi connectivity index (χ1n) is 2.57. The van der Waals surface area contributed by atoms with E-state index in [1.165, 1.54) is 0 Å². The Morgan fingerprint density at radius 1 is 1.75 bits per heavy atom. The minimum atomic E-state index is 0.196. The van der Waals surface area contributed by atoms with Crippen molar-refractivity contribution in [1.82, 2.24) is 0 Å². The summed E-state index contributed by atoms with van der Waals surface area (Å²) in [6, 6.07) is 0. The van der Waals surface area contributed by atoms with Crippen LogP contribution in [-0.2, 0) is 4.74 Å². The summed E-state index contributed by atoms with van der Waals surface area (Å²) >= 11 is 0. The maximum Gasteiger partial charge on any atom is 0.167 e. The second-order valence-corrected chi connectivity index (χ2v) is 3.76. The predicted molar refractivity (Wildman–Crippen MR) is 36.7 cm³/mol. The van der Waals surface area contributed by atoms with Crippen molar-refractivity contribution in [3.63, 3.8) is 0 Å². The zero-order chi connectivity index (χ0) is 5.98. The van der Waals surface area contributed by atoms with Gasteiger partial charge in [0.1, 0.15) is 0 Å². The SMILES string of the molecule is C=S1CCOC[NH+]1[CH2-]. The largest absolute Gasteiger partial charge is 0.391 e. The van der Waals surface area contributed by atoms with Crippen LogP contribution < -0.4 is 4.31 Å². The zero-order valence-corrected chi connectivity index (χ0v) is 5.67. The number of hydrogen-bond acceptors (Lipinski definition) is 1. The lowest BCUT2D eigenvalue weighted by Gasteiger charge is -2.27. The highest BCUT2D eigenvalue weighted by molar-refractivity contribution is 8.08. The lowest BCUT2D eigenvalue weighted by Crippen LogP contribution is -3.02. The van der Waals surface area contributed by atoms with Crippen LogP contribution in [0, 0.1) is 7.05 Å². The van der Waals surface area contributed by atoms with Gasteiger partial charge in [0.2, 0.25) is 0 Å². The van der Waals surface area contributed by atoms with Crippen molar-refractivity contribution in [1.29, 1.82) is 0 Å². The average molecular weight is 133 g/mol. The van der Waals surface area contributed by atoms with E-state index < -0.39 is 0 Å². The van der Waals surface area contributed by atoms with Crippen LogP contribution in [0.15, 0.2) is 0 Å². The van der Waals surface area contributed by atoms with E-state index in [-0.39, 0.29) is 10.7 Å². The van der Waals surface area contributed by atoms with Gasteiger partial charge in [-0.15, -0.1) is 7.05 Å². The van der Waals surface area contributed by atoms with Crippen molar-refractivity contribution in [3.8, 4) is 0 Å². The van der Waals surface area contributed by atoms with Crippen LogP contribution in [0.1, 0.15) is 0 Å². The summed E-state index contributed by atoms with van der Waals surface area (Å²) in [6.45, 7) is 1.60. The molecule has 0 amide bonds. The summed E-state index contributed by atoms with van der Waals surface area (Å²) in [4.78, 5) is 0. The number of quaternary nitrogens is 1. The second kappa shape index (κ2) is 2.62. The molecule has 0 bridgehead atoms. The molecule has 1 aliphatic rings. The molecule has 0 aromatic rings. The fourth-order valence-corrected chi connectivity index (χ4v) is 1.43. The summed E-state index contributed by atoms with van der Waals surface area (Å²) in [6.07, 6.45) is 0. The van der Waals surface area contributed by atoms with Gasteiger partial charge in [-0.25, -0.2) is 0 Å². The minimum Gasteiger partial charge on any atom is -0.391 e. The lowest BCUT2D eigenvalue weighted by atomic mass is 10.8. The Bertz CT molecular complexity index is 105. The molecule has 48 valence electrons. The zero-order valence-electron chi connectivity index (χ0n) is 4.85. The quantitative estimate of drug-likeness (QED) is 0.340. The Hall–Kier alpha value is 0.140. The Morgan fingerprint density at radius 2 is 2.50 bits per heavy atom. The Morgan fingerprint density at radius 3 is 2.88 bits per heavy atom. The molecule has 1 rings (SSSR count). The predicted octanol–water partition coefficient (Wildman–Crippen LogP) is -0.734. The van der Waals surface area contributed by atoms with Crippen molar-refractivity contribution >= 4 is 16.5 Å². The lowest BCUT2D eigenvalue weighted by molar-refractivity contribution is -0.736. The number of hydrogen-bond donors (Lipinski definition) is 1. The van der Waals surface area contributed by atoms with E-state index in [4.69, 9.17) is 4.74 Å². The number of rotatable bonds is 0. The van der Waals surface area contributed by atoms with Crippen molar-refractivity contribution in [2.75, 3.05) is 19.1 Å². The molecule has 0 aliphatic carbocycles. The molecular weight excluding hydrogens is 122 g/mol. The minimum absolute atomic E-state index is 0.196. The van der Waals surface area contributed by atoms with Crippen molar-refractivity contribution < 1.29 is 9.04 Å². The fourth-order valence-electron chi connectivity index (χ4n) is 0.573. The van der Waals surface area contributed by atoms with Gasteiger partial charge in [0.25, 0.3) is 0 Å². The molecule has 2 atom stereocenters. The monoisotopic (exact) mass is 133 g/mol. The first-order valence-corrected chi connectivity index (χ1v) is 4.13. The van der Waals surface area contributed by atoms with Crippen LogP contribution in [-0.4, -0.2) is 25.0 Å². The van der Waals surface area contributed by atoms with Gasteiger partial charge in [0, 0.05) is 0 Å². The van der Waals surface area contributed by atoms with Gasteiger partial charge in [-0.2, -0.15) is 0 Å². The van der Waals surface area contributed by atoms with Gasteiger partial charge in [-0.1, -0.05) is 0 Å². The van der Waals surface area contributed by atoms with Crippen molar-refractivity contribution in [3.05, 3.63) is 7.05 Å². The van der Waals surface area contributed by atoms with Gasteiger partial charge < -0.3 is 9.04 Å². The molecule has 2 unspecified atom stereocenters. The topological polar surface area (TPSA) is 13.7 Å². The normalized spacial score (nSPS) is 39.6. The summed E-state index contributed by atoms with van der Waals surface area (Å²) in [5, 5.41) is 0. The smallest absolute Gasteiger partial charge is 0.167 e. The Labute approximate surface area is 52.5 Å². The molecular formula is C5H11NOS. The summed E-state index contributed by atoms with van der Waals surface area (Å²) in [7, 11) is 4.02. The molecule has 1 aliphatic heterocycles. The highest BCUT2D eigenvalue weighted by atomic mass is 32.2. The molecule has 1 heterocycles. The maximum absolute atomic E-state index is 5.12. The standard InChI is InChI=1S/C5H11NOS/c1-6-5-7-3-4-8(6)2/h6H,1-5H2. The highest BCUT2D eigenvalue weighted by Gasteiger charge is 2.06. The first kappa shape index (κ1) is 6.26. The average Bonchev–Trinajstić information content (AvgIpc) is 1.77. The van der Waals surface area contributed by atoms with E-state index >= 15 is 0 Å². The van der Waals surface area contributed by atoms with Crippen LogP contribution in [0.4, 0.5) is 0 Å². The molecule has 0 aromatic carbocycles. The maximum atomic E-state index is 5.12. The van der Waals surface area contributed by atoms with Crippen LogP contribution in [0.2, 0.25) is 0 Å². The summed E-state index contributed by atoms with van der Waals surface area (Å²) < 4.78 is 6.28. The van der Waals surface area contributed by atoms with Gasteiger partial charge in [-0.3, -0.25) is 0 Å². The van der Waals surface area contributed by atoms with E-state index in [9.17, 15) is 0 Å². The molecule has 8 heavy (non-hydrogen) atoms. The molecule has 1 fully saturated rings. The number of nitrogens with one attached hydrogen (secondary N) is 1. The molecule has 0 saturated carbocycles. The molecule has 0 radical (unpaired) electrons. The molecule has 0 aromatic heterocycles. The van der Waals surface area contributed by atoms with E-state index in [1.54, 1.807) is 0 Å². The van der Waals surface area contributed by atoms with E-state index in [1.807, 2.05) is 0 Å². The second-order valence-electron chi connectivity index (χ2n) is 1.79. The molecule has 3 heteroatoms. The van der Waals surface area contributed by atoms with E-state index in [0.717, 1.165) is 23.4 Å². The third kappa shape index (κ3) is 1.31. The van der Waals surface area contributed by atoms with Gasteiger partial charge in [-0.05, 0) is 16.5 Å². The Balaban J connectivity index is 2.39. The van der Waals surface area contributed by atoms with Crippen molar-refractivity contribution in [2.24, 2.45) is 0 Å². The van der Waals surface area contributed by atoms with Crippen molar-refractivity contribution in [2.45, 2.75) is 0 Å². The molecule has 2 nitrogen and oxygen atoms in total. The van der Waals surface area contributed by atoms with Crippen LogP contribution in [0.25, 0.3) is 0 Å². The summed E-state index contributed by atoms with van der Waals surface area (Å²) in [5.41, 5.74) is 0. The van der Waals surface area contributed by atoms with Crippen LogP contribution >= 0.6 is 10.7 Å². The molecule has 1 saturated heterocycles. The van der Waals surface area contributed by atoms with Gasteiger partial charge in [0.15, 0.2) is 6.73 Å². The van der Waals surface area contributed by atoms with Gasteiger partial charge >= 0.3 is 0 Å². The fraction of sp³-hybridized carbons (Fsp3) is 0.600. The Kier molecular flexibility index (Phi) is 2.05. The summed E-state index contributed by atoms with van der Waals surface area (Å²) in [5.74, 6) is 5.00. The number of ether oxygens (including phenoxy) is 1. The first-order chi connectivity index (χ1) is 3.80. The van der Waals surface area contributed by atoms with E-state index in [0.29, 0.717) is 0 Å². The molecule has 1 N–H and O–H groups in total.